The smallest absolute Gasteiger partial charge is 0.151 e. The monoisotopic (exact) mass is 342 g/mol. The van der Waals surface area contributed by atoms with Crippen LogP contribution < -0.4 is 9.47 Å². The van der Waals surface area contributed by atoms with E-state index in [0.29, 0.717) is 25.0 Å². The molecule has 1 fully saturated rings. The van der Waals surface area contributed by atoms with Crippen LogP contribution in [-0.2, 0) is 4.74 Å². The van der Waals surface area contributed by atoms with Crippen LogP contribution in [0.15, 0.2) is 36.9 Å². The van der Waals surface area contributed by atoms with Crippen molar-refractivity contribution in [1.29, 1.82) is 0 Å². The first kappa shape index (κ1) is 17.7. The van der Waals surface area contributed by atoms with Gasteiger partial charge in [-0.2, -0.15) is 0 Å². The van der Waals surface area contributed by atoms with Crippen LogP contribution in [0.25, 0.3) is 0 Å². The van der Waals surface area contributed by atoms with Crippen molar-refractivity contribution < 1.29 is 14.2 Å². The van der Waals surface area contributed by atoms with Crippen molar-refractivity contribution in [3.8, 4) is 11.5 Å². The molecule has 1 aliphatic heterocycles. The van der Waals surface area contributed by atoms with Crippen molar-refractivity contribution in [2.45, 2.75) is 51.7 Å². The third-order valence-corrected chi connectivity index (χ3v) is 4.39. The quantitative estimate of drug-likeness (QED) is 0.762. The second-order valence-electron chi connectivity index (χ2n) is 7.06. The van der Waals surface area contributed by atoms with Crippen LogP contribution >= 0.6 is 0 Å². The average molecular weight is 342 g/mol. The number of aromatic nitrogens is 2. The summed E-state index contributed by atoms with van der Waals surface area (Å²) in [7, 11) is 0. The fourth-order valence-corrected chi connectivity index (χ4v) is 2.58. The van der Waals surface area contributed by atoms with Crippen molar-refractivity contribution in [2.24, 2.45) is 0 Å². The van der Waals surface area contributed by atoms with Gasteiger partial charge in [0.05, 0.1) is 19.0 Å². The van der Waals surface area contributed by atoms with E-state index in [-0.39, 0.29) is 12.2 Å². The zero-order valence-electron chi connectivity index (χ0n) is 15.3. The van der Waals surface area contributed by atoms with Crippen LogP contribution in [-0.4, -0.2) is 35.4 Å². The molecule has 0 aromatic carbocycles. The van der Waals surface area contributed by atoms with Gasteiger partial charge >= 0.3 is 0 Å². The van der Waals surface area contributed by atoms with E-state index in [4.69, 9.17) is 14.2 Å². The third kappa shape index (κ3) is 4.48. The average Bonchev–Trinajstić information content (AvgIpc) is 2.59. The van der Waals surface area contributed by atoms with E-state index in [1.54, 1.807) is 12.4 Å². The highest BCUT2D eigenvalue weighted by Crippen LogP contribution is 2.25. The molecule has 2 aromatic heterocycles. The van der Waals surface area contributed by atoms with E-state index < -0.39 is 0 Å². The first-order chi connectivity index (χ1) is 12.0. The van der Waals surface area contributed by atoms with Crippen molar-refractivity contribution in [1.82, 2.24) is 9.97 Å². The first-order valence-corrected chi connectivity index (χ1v) is 8.84. The zero-order valence-corrected chi connectivity index (χ0v) is 15.3. The number of hydrogen-bond donors (Lipinski definition) is 0. The Morgan fingerprint density at radius 1 is 0.960 bits per heavy atom. The van der Waals surface area contributed by atoms with E-state index in [9.17, 15) is 0 Å². The molecule has 3 rings (SSSR count). The maximum absolute atomic E-state index is 6.02. The number of hydrogen-bond acceptors (Lipinski definition) is 5. The molecule has 134 valence electrons. The number of nitrogens with zero attached hydrogens (tertiary/aromatic N) is 2. The molecule has 3 heterocycles. The summed E-state index contributed by atoms with van der Waals surface area (Å²) in [4.78, 5) is 8.49. The van der Waals surface area contributed by atoms with Crippen LogP contribution in [0.4, 0.5) is 0 Å². The van der Waals surface area contributed by atoms with E-state index in [1.807, 2.05) is 24.5 Å². The standard InChI is InChI=1S/C20H26N2O3/c1-13(2)15-5-17(9-21-7-15)23-11-19-20(12-24-19)25-18-6-16(14(3)4)8-22-10-18/h5-10,13-14,19-20H,11-12H2,1-4H3. The highest BCUT2D eigenvalue weighted by Gasteiger charge is 2.35. The van der Waals surface area contributed by atoms with Gasteiger partial charge < -0.3 is 14.2 Å². The molecule has 0 bridgehead atoms. The molecule has 1 aliphatic rings. The van der Waals surface area contributed by atoms with Crippen molar-refractivity contribution >= 4 is 0 Å². The summed E-state index contributed by atoms with van der Waals surface area (Å²) in [6, 6.07) is 4.08. The summed E-state index contributed by atoms with van der Waals surface area (Å²) in [6.07, 6.45) is 7.15. The molecule has 5 nitrogen and oxygen atoms in total. The van der Waals surface area contributed by atoms with Gasteiger partial charge in [0, 0.05) is 12.4 Å². The second kappa shape index (κ2) is 7.83. The molecule has 0 saturated carbocycles. The minimum atomic E-state index is -0.0783. The lowest BCUT2D eigenvalue weighted by molar-refractivity contribution is -0.161. The maximum atomic E-state index is 6.02. The number of pyridine rings is 2. The molecule has 0 amide bonds. The Hall–Kier alpha value is -2.14. The lowest BCUT2D eigenvalue weighted by Crippen LogP contribution is -2.51. The lowest BCUT2D eigenvalue weighted by Gasteiger charge is -2.36. The number of rotatable bonds is 7. The fourth-order valence-electron chi connectivity index (χ4n) is 2.58. The molecule has 0 N–H and O–H groups in total. The highest BCUT2D eigenvalue weighted by atomic mass is 16.6. The molecule has 2 unspecified atom stereocenters. The largest absolute Gasteiger partial charge is 0.489 e. The van der Waals surface area contributed by atoms with Gasteiger partial charge in [0.2, 0.25) is 0 Å². The van der Waals surface area contributed by atoms with E-state index in [2.05, 4.69) is 37.7 Å². The molecule has 25 heavy (non-hydrogen) atoms. The van der Waals surface area contributed by atoms with Gasteiger partial charge in [-0.25, -0.2) is 0 Å². The summed E-state index contributed by atoms with van der Waals surface area (Å²) < 4.78 is 17.5. The van der Waals surface area contributed by atoms with Crippen LogP contribution in [0.2, 0.25) is 0 Å². The van der Waals surface area contributed by atoms with Gasteiger partial charge in [-0.1, -0.05) is 27.7 Å². The molecular weight excluding hydrogens is 316 g/mol. The summed E-state index contributed by atoms with van der Waals surface area (Å²) in [5.41, 5.74) is 2.33. The van der Waals surface area contributed by atoms with Crippen LogP contribution in [0, 0.1) is 0 Å². The van der Waals surface area contributed by atoms with Gasteiger partial charge in [-0.05, 0) is 35.1 Å². The molecule has 1 saturated heterocycles. The predicted octanol–water partition coefficient (Wildman–Crippen LogP) is 3.95. The summed E-state index contributed by atoms with van der Waals surface area (Å²) in [6.45, 7) is 9.58. The topological polar surface area (TPSA) is 53.5 Å². The summed E-state index contributed by atoms with van der Waals surface area (Å²) in [5.74, 6) is 2.40. The van der Waals surface area contributed by atoms with Gasteiger partial charge in [-0.3, -0.25) is 9.97 Å². The Kier molecular flexibility index (Phi) is 5.53. The molecule has 0 spiro atoms. The normalized spacial score (nSPS) is 19.8. The van der Waals surface area contributed by atoms with Gasteiger partial charge in [-0.15, -0.1) is 0 Å². The Labute approximate surface area is 149 Å². The van der Waals surface area contributed by atoms with Gasteiger partial charge in [0.15, 0.2) is 6.10 Å². The minimum Gasteiger partial charge on any atom is -0.489 e. The van der Waals surface area contributed by atoms with E-state index in [0.717, 1.165) is 17.1 Å². The van der Waals surface area contributed by atoms with E-state index >= 15 is 0 Å². The third-order valence-electron chi connectivity index (χ3n) is 4.39. The van der Waals surface area contributed by atoms with Gasteiger partial charge in [0.25, 0.3) is 0 Å². The Morgan fingerprint density at radius 3 is 2.12 bits per heavy atom. The summed E-state index contributed by atoms with van der Waals surface area (Å²) >= 11 is 0. The molecular formula is C20H26N2O3. The molecule has 0 radical (unpaired) electrons. The molecule has 0 aliphatic carbocycles. The second-order valence-corrected chi connectivity index (χ2v) is 7.06. The van der Waals surface area contributed by atoms with Crippen molar-refractivity contribution in [2.75, 3.05) is 13.2 Å². The fraction of sp³-hybridized carbons (Fsp3) is 0.500. The van der Waals surface area contributed by atoms with Crippen molar-refractivity contribution in [3.63, 3.8) is 0 Å². The Balaban J connectivity index is 1.55. The first-order valence-electron chi connectivity index (χ1n) is 8.84. The van der Waals surface area contributed by atoms with Crippen molar-refractivity contribution in [3.05, 3.63) is 48.0 Å². The molecule has 2 atom stereocenters. The summed E-state index contributed by atoms with van der Waals surface area (Å²) in [5, 5.41) is 0. The highest BCUT2D eigenvalue weighted by molar-refractivity contribution is 5.27. The number of ether oxygens (including phenoxy) is 3. The Bertz CT molecular complexity index is 703. The molecule has 5 heteroatoms. The van der Waals surface area contributed by atoms with Crippen LogP contribution in [0.3, 0.4) is 0 Å². The zero-order chi connectivity index (χ0) is 17.8. The van der Waals surface area contributed by atoms with E-state index in [1.165, 1.54) is 5.56 Å². The van der Waals surface area contributed by atoms with Gasteiger partial charge in [0.1, 0.15) is 24.2 Å². The predicted molar refractivity (Wildman–Crippen MR) is 96.3 cm³/mol. The molecule has 2 aromatic rings. The maximum Gasteiger partial charge on any atom is 0.151 e. The minimum absolute atomic E-state index is 0.00884. The van der Waals surface area contributed by atoms with Crippen LogP contribution in [0.5, 0.6) is 11.5 Å². The SMILES string of the molecule is CC(C)c1cncc(OCC2OCC2Oc2cncc(C(C)C)c2)c1. The Morgan fingerprint density at radius 2 is 1.56 bits per heavy atom. The lowest BCUT2D eigenvalue weighted by atomic mass is 10.1. The van der Waals surface area contributed by atoms with Crippen LogP contribution in [0.1, 0.15) is 50.7 Å².